The van der Waals surface area contributed by atoms with Crippen LogP contribution in [0.15, 0.2) is 42.1 Å². The van der Waals surface area contributed by atoms with Crippen molar-refractivity contribution in [1.29, 1.82) is 0 Å². The highest BCUT2D eigenvalue weighted by atomic mass is 32.2. The molecule has 8 atom stereocenters. The number of carbonyl (C=O) groups is 8. The van der Waals surface area contributed by atoms with Gasteiger partial charge in [0.05, 0.1) is 7.11 Å². The molecule has 302 valence electrons. The van der Waals surface area contributed by atoms with Crippen molar-refractivity contribution in [2.75, 3.05) is 26.5 Å². The minimum absolute atomic E-state index is 0.0000302. The number of benzene rings is 1. The van der Waals surface area contributed by atoms with Crippen LogP contribution in [0.3, 0.4) is 0 Å². The van der Waals surface area contributed by atoms with Crippen LogP contribution in [-0.2, 0) is 57.9 Å². The van der Waals surface area contributed by atoms with Gasteiger partial charge in [-0.05, 0) is 17.9 Å². The van der Waals surface area contributed by atoms with Crippen LogP contribution in [0.2, 0.25) is 0 Å². The lowest BCUT2D eigenvalue weighted by Gasteiger charge is -2.42. The fourth-order valence-corrected chi connectivity index (χ4v) is 8.03. The van der Waals surface area contributed by atoms with Gasteiger partial charge in [-0.3, -0.25) is 38.8 Å². The molecule has 1 aliphatic carbocycles. The maximum absolute atomic E-state index is 14.1. The topological polar surface area (TPSA) is 253 Å². The molecule has 0 aromatic heterocycles. The molecule has 0 saturated heterocycles. The molecule has 5 N–H and O–H groups in total. The van der Waals surface area contributed by atoms with E-state index < -0.39 is 111 Å². The van der Waals surface area contributed by atoms with Crippen molar-refractivity contribution < 1.29 is 56.2 Å². The standard InChI is InChI=1S/C36H50N6O12S/c1-9-19(2)30(37-21(4)43)33(48)41-55(51,52)18-29(46)40-36(35(50)53-8)27-17-42(7)16-26(32(47)39-23(6)45)25(27)15-28(36)54-34(49)31(38-22(5)44)20(3)24-13-11-10-12-14-24/h10-14,16,19-20,25,27-28,30-31H,9,15,17-18H2,1-8H3,(H,37,43)(H,38,44)(H,40,46)(H,41,48)(H,39,45,47)/t19-,20-,25-,27+,28-,30-,31-,36+/m0/s1. The molecule has 1 aromatic rings. The summed E-state index contributed by atoms with van der Waals surface area (Å²) in [7, 11) is -2.23. The third-order valence-corrected chi connectivity index (χ3v) is 11.0. The zero-order valence-electron chi connectivity index (χ0n) is 32.1. The molecule has 0 unspecified atom stereocenters. The van der Waals surface area contributed by atoms with Gasteiger partial charge in [0.15, 0.2) is 5.54 Å². The Morgan fingerprint density at radius 3 is 2.07 bits per heavy atom. The third kappa shape index (κ3) is 10.7. The summed E-state index contributed by atoms with van der Waals surface area (Å²) in [6.07, 6.45) is -0.0862. The fourth-order valence-electron chi connectivity index (χ4n) is 7.11. The number of esters is 2. The quantitative estimate of drug-likeness (QED) is 0.139. The largest absolute Gasteiger partial charge is 0.467 e. The summed E-state index contributed by atoms with van der Waals surface area (Å²) in [5.74, 6) is -11.9. The highest BCUT2D eigenvalue weighted by Gasteiger charge is 2.66. The van der Waals surface area contributed by atoms with Crippen LogP contribution in [0.5, 0.6) is 0 Å². The maximum Gasteiger partial charge on any atom is 0.335 e. The van der Waals surface area contributed by atoms with Crippen LogP contribution in [0.4, 0.5) is 0 Å². The van der Waals surface area contributed by atoms with Crippen molar-refractivity contribution in [3.8, 4) is 0 Å². The van der Waals surface area contributed by atoms with Gasteiger partial charge in [0, 0.05) is 63.9 Å². The molecule has 6 amide bonds. The number of methoxy groups -OCH3 is 1. The van der Waals surface area contributed by atoms with E-state index in [0.717, 1.165) is 21.0 Å². The second-order valence-electron chi connectivity index (χ2n) is 14.0. The molecule has 18 nitrogen and oxygen atoms in total. The predicted octanol–water partition coefficient (Wildman–Crippen LogP) is -0.640. The molecule has 1 saturated carbocycles. The SMILES string of the molecule is CC[C@H](C)[C@H](NC(C)=O)C(=O)NS(=O)(=O)CC(=O)N[C@@]1(C(=O)OC)[C@@H](OC(=O)[C@@H](NC(C)=O)[C@@H](C)c2ccccc2)C[C@H]2C(C(=O)NC(C)=O)=CN(C)C[C@H]21. The number of nitrogens with zero attached hydrogens (tertiary/aromatic N) is 1. The van der Waals surface area contributed by atoms with Gasteiger partial charge in [-0.2, -0.15) is 0 Å². The second kappa shape index (κ2) is 18.3. The van der Waals surface area contributed by atoms with Crippen LogP contribution >= 0.6 is 0 Å². The van der Waals surface area contributed by atoms with Crippen molar-refractivity contribution in [2.24, 2.45) is 17.8 Å². The molecular weight excluding hydrogens is 740 g/mol. The number of amides is 6. The Morgan fingerprint density at radius 2 is 1.53 bits per heavy atom. The van der Waals surface area contributed by atoms with Crippen LogP contribution in [-0.4, -0.2) is 111 Å². The summed E-state index contributed by atoms with van der Waals surface area (Å²) in [6.45, 7) is 8.43. The Labute approximate surface area is 319 Å². The van der Waals surface area contributed by atoms with E-state index in [1.54, 1.807) is 58.2 Å². The van der Waals surface area contributed by atoms with E-state index in [0.29, 0.717) is 12.0 Å². The minimum atomic E-state index is -4.78. The third-order valence-electron chi connectivity index (χ3n) is 9.84. The molecule has 1 aromatic carbocycles. The zero-order valence-corrected chi connectivity index (χ0v) is 32.9. The second-order valence-corrected chi connectivity index (χ2v) is 15.7. The molecule has 3 rings (SSSR count). The molecule has 1 fully saturated rings. The number of imide groups is 1. The number of ether oxygens (including phenoxy) is 2. The van der Waals surface area contributed by atoms with E-state index in [1.165, 1.54) is 18.0 Å². The lowest BCUT2D eigenvalue weighted by Crippen LogP contribution is -2.67. The fraction of sp³-hybridized carbons (Fsp3) is 0.556. The first-order valence-corrected chi connectivity index (χ1v) is 19.3. The van der Waals surface area contributed by atoms with Gasteiger partial charge in [-0.1, -0.05) is 57.5 Å². The van der Waals surface area contributed by atoms with Gasteiger partial charge >= 0.3 is 11.9 Å². The number of hydrogen-bond acceptors (Lipinski definition) is 13. The smallest absolute Gasteiger partial charge is 0.335 e. The number of fused-ring (bicyclic) bond motifs is 1. The predicted molar refractivity (Wildman–Crippen MR) is 195 cm³/mol. The first-order chi connectivity index (χ1) is 25.7. The van der Waals surface area contributed by atoms with Crippen molar-refractivity contribution in [1.82, 2.24) is 30.9 Å². The Kier molecular flexibility index (Phi) is 14.7. The number of hydrogen-bond donors (Lipinski definition) is 5. The summed E-state index contributed by atoms with van der Waals surface area (Å²) in [6, 6.07) is 6.13. The Bertz CT molecular complexity index is 1820. The monoisotopic (exact) mass is 790 g/mol. The Morgan fingerprint density at radius 1 is 0.927 bits per heavy atom. The van der Waals surface area contributed by atoms with Gasteiger partial charge in [-0.25, -0.2) is 18.0 Å². The summed E-state index contributed by atoms with van der Waals surface area (Å²) in [4.78, 5) is 106. The van der Waals surface area contributed by atoms with Crippen molar-refractivity contribution in [2.45, 2.75) is 84.0 Å². The van der Waals surface area contributed by atoms with Crippen LogP contribution in [0.25, 0.3) is 0 Å². The van der Waals surface area contributed by atoms with Gasteiger partial charge in [0.1, 0.15) is 23.9 Å². The lowest BCUT2D eigenvalue weighted by atomic mass is 9.77. The van der Waals surface area contributed by atoms with Gasteiger partial charge in [0.25, 0.3) is 11.8 Å². The Balaban J connectivity index is 2.10. The number of rotatable bonds is 15. The highest BCUT2D eigenvalue weighted by molar-refractivity contribution is 7.90. The van der Waals surface area contributed by atoms with E-state index >= 15 is 0 Å². The summed E-state index contributed by atoms with van der Waals surface area (Å²) < 4.78 is 39.5. The summed E-state index contributed by atoms with van der Waals surface area (Å²) in [5.41, 5.74) is -1.69. The molecule has 1 heterocycles. The number of carbonyl (C=O) groups excluding carboxylic acids is 8. The van der Waals surface area contributed by atoms with Crippen LogP contribution in [0.1, 0.15) is 65.9 Å². The molecule has 0 radical (unpaired) electrons. The Hall–Kier alpha value is -5.33. The maximum atomic E-state index is 14.1. The average Bonchev–Trinajstić information content (AvgIpc) is 3.39. The summed E-state index contributed by atoms with van der Waals surface area (Å²) >= 11 is 0. The van der Waals surface area contributed by atoms with Crippen molar-refractivity contribution in [3.63, 3.8) is 0 Å². The lowest BCUT2D eigenvalue weighted by molar-refractivity contribution is -0.169. The van der Waals surface area contributed by atoms with Crippen molar-refractivity contribution in [3.05, 3.63) is 47.7 Å². The molecule has 2 aliphatic rings. The molecule has 0 spiro atoms. The highest BCUT2D eigenvalue weighted by Crippen LogP contribution is 2.49. The zero-order chi connectivity index (χ0) is 41.4. The molecule has 1 aliphatic heterocycles. The first kappa shape index (κ1) is 44.1. The number of sulfonamides is 1. The van der Waals surface area contributed by atoms with Crippen molar-refractivity contribution >= 4 is 57.4 Å². The average molecular weight is 791 g/mol. The van der Waals surface area contributed by atoms with Gasteiger partial charge in [-0.15, -0.1) is 0 Å². The van der Waals surface area contributed by atoms with E-state index in [2.05, 4.69) is 21.3 Å². The first-order valence-electron chi connectivity index (χ1n) is 17.6. The molecule has 19 heteroatoms. The van der Waals surface area contributed by atoms with Gasteiger partial charge in [0.2, 0.25) is 33.7 Å². The summed E-state index contributed by atoms with van der Waals surface area (Å²) in [5, 5.41) is 9.62. The van der Waals surface area contributed by atoms with E-state index in [4.69, 9.17) is 9.47 Å². The molecule has 0 bridgehead atoms. The van der Waals surface area contributed by atoms with Gasteiger partial charge < -0.3 is 30.3 Å². The van der Waals surface area contributed by atoms with Crippen LogP contribution < -0.4 is 26.0 Å². The molecular formula is C36H50N6O12S. The minimum Gasteiger partial charge on any atom is -0.467 e. The van der Waals surface area contributed by atoms with E-state index in [-0.39, 0.29) is 18.5 Å². The normalized spacial score (nSPS) is 22.6. The number of nitrogens with one attached hydrogen (secondary N) is 5. The van der Waals surface area contributed by atoms with E-state index in [1.807, 2.05) is 4.72 Å². The van der Waals surface area contributed by atoms with E-state index in [9.17, 15) is 46.8 Å². The molecule has 55 heavy (non-hydrogen) atoms. The van der Waals surface area contributed by atoms with Crippen LogP contribution in [0, 0.1) is 17.8 Å².